The Morgan fingerprint density at radius 2 is 1.13 bits per heavy atom. The van der Waals surface area contributed by atoms with Gasteiger partial charge in [-0.05, 0) is 13.3 Å². The minimum Gasteiger partial charge on any atom is -0.227 e. The zero-order valence-corrected chi connectivity index (χ0v) is 12.2. The Morgan fingerprint density at radius 1 is 0.867 bits per heavy atom. The zero-order chi connectivity index (χ0) is 11.6. The third-order valence-corrected chi connectivity index (χ3v) is 8.97. The van der Waals surface area contributed by atoms with E-state index < -0.39 is 23.8 Å². The van der Waals surface area contributed by atoms with Crippen LogP contribution in [0.3, 0.4) is 0 Å². The molecule has 0 aromatic rings. The standard InChI is InChI=1S/C8H18O4S2.Fe/c1-5-8(4,13(9,10)6-2)14(11,12)7-3;/h5-7H2,1-4H3;. The molecule has 0 atom stereocenters. The minimum atomic E-state index is -3.57. The molecule has 0 aliphatic carbocycles. The van der Waals surface area contributed by atoms with Crippen molar-refractivity contribution in [2.45, 2.75) is 38.2 Å². The Balaban J connectivity index is 0. The van der Waals surface area contributed by atoms with Crippen molar-refractivity contribution >= 4 is 19.7 Å². The molecule has 7 heteroatoms. The van der Waals surface area contributed by atoms with Gasteiger partial charge in [0.15, 0.2) is 23.8 Å². The fourth-order valence-corrected chi connectivity index (χ4v) is 5.60. The zero-order valence-electron chi connectivity index (χ0n) is 9.42. The van der Waals surface area contributed by atoms with Crippen molar-refractivity contribution in [3.63, 3.8) is 0 Å². The molecular formula is C8H18FeO4S2. The first-order chi connectivity index (χ1) is 6.18. The summed E-state index contributed by atoms with van der Waals surface area (Å²) in [6, 6.07) is 0. The van der Waals surface area contributed by atoms with Crippen molar-refractivity contribution in [1.29, 1.82) is 0 Å². The van der Waals surface area contributed by atoms with Crippen molar-refractivity contribution in [2.75, 3.05) is 11.5 Å². The van der Waals surface area contributed by atoms with E-state index in [9.17, 15) is 16.8 Å². The van der Waals surface area contributed by atoms with Gasteiger partial charge in [-0.25, -0.2) is 16.8 Å². The van der Waals surface area contributed by atoms with Gasteiger partial charge in [0.1, 0.15) is 0 Å². The predicted octanol–water partition coefficient (Wildman–Crippen LogP) is 0.980. The summed E-state index contributed by atoms with van der Waals surface area (Å²) in [5.41, 5.74) is 0. The Bertz CT molecular complexity index is 349. The van der Waals surface area contributed by atoms with Crippen LogP contribution in [0.2, 0.25) is 0 Å². The molecular weight excluding hydrogens is 280 g/mol. The maximum Gasteiger partial charge on any atom is 0.170 e. The maximum absolute atomic E-state index is 11.7. The van der Waals surface area contributed by atoms with Gasteiger partial charge >= 0.3 is 0 Å². The van der Waals surface area contributed by atoms with Crippen LogP contribution in [-0.4, -0.2) is 32.4 Å². The van der Waals surface area contributed by atoms with Crippen molar-refractivity contribution < 1.29 is 33.9 Å². The van der Waals surface area contributed by atoms with E-state index in [1.165, 1.54) is 20.8 Å². The molecule has 0 saturated heterocycles. The molecule has 0 aliphatic heterocycles. The van der Waals surface area contributed by atoms with Gasteiger partial charge in [-0.2, -0.15) is 0 Å². The van der Waals surface area contributed by atoms with E-state index in [2.05, 4.69) is 0 Å². The van der Waals surface area contributed by atoms with Gasteiger partial charge in [0.2, 0.25) is 0 Å². The first-order valence-corrected chi connectivity index (χ1v) is 7.93. The van der Waals surface area contributed by atoms with E-state index in [4.69, 9.17) is 0 Å². The SMILES string of the molecule is CCC(C)(S(=O)(=O)CC)S(=O)(=O)CC.[Fe]. The first kappa shape index (κ1) is 17.8. The van der Waals surface area contributed by atoms with Crippen LogP contribution in [0.25, 0.3) is 0 Å². The van der Waals surface area contributed by atoms with E-state index >= 15 is 0 Å². The second-order valence-corrected chi connectivity index (χ2v) is 8.97. The fourth-order valence-electron chi connectivity index (χ4n) is 1.24. The maximum atomic E-state index is 11.7. The average Bonchev–Trinajstić information content (AvgIpc) is 2.15. The molecule has 4 nitrogen and oxygen atoms in total. The Kier molecular flexibility index (Phi) is 6.72. The summed E-state index contributed by atoms with van der Waals surface area (Å²) < 4.78 is 45.1. The second kappa shape index (κ2) is 5.66. The van der Waals surface area contributed by atoms with Gasteiger partial charge in [0.25, 0.3) is 0 Å². The molecule has 0 radical (unpaired) electrons. The summed E-state index contributed by atoms with van der Waals surface area (Å²) in [5.74, 6) is -0.285. The molecule has 0 bridgehead atoms. The van der Waals surface area contributed by atoms with Crippen molar-refractivity contribution in [1.82, 2.24) is 0 Å². The molecule has 0 aromatic carbocycles. The summed E-state index contributed by atoms with van der Waals surface area (Å²) in [4.78, 5) is 0. The van der Waals surface area contributed by atoms with Crippen LogP contribution in [0.1, 0.15) is 34.1 Å². The van der Waals surface area contributed by atoms with Crippen LogP contribution in [-0.2, 0) is 36.7 Å². The molecule has 0 unspecified atom stereocenters. The molecule has 0 heterocycles. The average molecular weight is 298 g/mol. The van der Waals surface area contributed by atoms with E-state index in [0.717, 1.165) is 0 Å². The number of sulfone groups is 2. The Hall–Kier alpha value is 0.419. The van der Waals surface area contributed by atoms with Crippen molar-refractivity contribution in [3.05, 3.63) is 0 Å². The van der Waals surface area contributed by atoms with Crippen LogP contribution < -0.4 is 0 Å². The van der Waals surface area contributed by atoms with Gasteiger partial charge in [-0.15, -0.1) is 0 Å². The Morgan fingerprint density at radius 3 is 1.27 bits per heavy atom. The van der Waals surface area contributed by atoms with Crippen LogP contribution in [0.5, 0.6) is 0 Å². The Labute approximate surface area is 103 Å². The van der Waals surface area contributed by atoms with Gasteiger partial charge < -0.3 is 0 Å². The van der Waals surface area contributed by atoms with Crippen molar-refractivity contribution in [3.8, 4) is 0 Å². The summed E-state index contributed by atoms with van der Waals surface area (Å²) in [6.07, 6.45) is 0.0966. The predicted molar refractivity (Wildman–Crippen MR) is 57.6 cm³/mol. The topological polar surface area (TPSA) is 68.3 Å². The van der Waals surface area contributed by atoms with E-state index in [-0.39, 0.29) is 35.0 Å². The van der Waals surface area contributed by atoms with E-state index in [1.54, 1.807) is 6.92 Å². The van der Waals surface area contributed by atoms with Crippen LogP contribution in [0, 0.1) is 0 Å². The quantitative estimate of drug-likeness (QED) is 0.710. The van der Waals surface area contributed by atoms with Crippen LogP contribution in [0.4, 0.5) is 0 Å². The van der Waals surface area contributed by atoms with Gasteiger partial charge in [0.05, 0.1) is 0 Å². The van der Waals surface area contributed by atoms with Gasteiger partial charge in [-0.1, -0.05) is 20.8 Å². The van der Waals surface area contributed by atoms with Crippen LogP contribution in [0.15, 0.2) is 0 Å². The molecule has 0 rings (SSSR count). The first-order valence-electron chi connectivity index (χ1n) is 4.63. The molecule has 0 N–H and O–H groups in total. The number of hydrogen-bond donors (Lipinski definition) is 0. The molecule has 15 heavy (non-hydrogen) atoms. The third kappa shape index (κ3) is 2.96. The second-order valence-electron chi connectivity index (χ2n) is 3.29. The van der Waals surface area contributed by atoms with E-state index in [1.807, 2.05) is 0 Å². The van der Waals surface area contributed by atoms with Gasteiger partial charge in [0, 0.05) is 28.6 Å². The molecule has 0 saturated carbocycles. The largest absolute Gasteiger partial charge is 0.227 e. The van der Waals surface area contributed by atoms with E-state index in [0.29, 0.717) is 0 Å². The summed E-state index contributed by atoms with van der Waals surface area (Å²) in [5, 5.41) is 0. The smallest absolute Gasteiger partial charge is 0.170 e. The summed E-state index contributed by atoms with van der Waals surface area (Å²) in [6.45, 7) is 5.81. The molecule has 0 amide bonds. The molecule has 0 aliphatic rings. The minimum absolute atomic E-state index is 0. The molecule has 0 spiro atoms. The van der Waals surface area contributed by atoms with Crippen LogP contribution >= 0.6 is 0 Å². The third-order valence-electron chi connectivity index (χ3n) is 2.72. The molecule has 94 valence electrons. The summed E-state index contributed by atoms with van der Waals surface area (Å²) in [7, 11) is -7.14. The van der Waals surface area contributed by atoms with Crippen molar-refractivity contribution in [2.24, 2.45) is 0 Å². The molecule has 0 fully saturated rings. The fraction of sp³-hybridized carbons (Fsp3) is 1.00. The van der Waals surface area contributed by atoms with Gasteiger partial charge in [-0.3, -0.25) is 0 Å². The number of rotatable bonds is 5. The normalized spacial score (nSPS) is 13.3. The number of hydrogen-bond acceptors (Lipinski definition) is 4. The molecule has 0 aromatic heterocycles. The monoisotopic (exact) mass is 298 g/mol. The summed E-state index contributed by atoms with van der Waals surface area (Å²) >= 11 is 0.